The topological polar surface area (TPSA) is 55.8 Å². The van der Waals surface area contributed by atoms with Crippen LogP contribution in [-0.4, -0.2) is 36.0 Å². The molecule has 0 spiro atoms. The molecule has 1 atom stereocenters. The molecule has 0 aliphatic carbocycles. The van der Waals surface area contributed by atoms with Crippen molar-refractivity contribution in [3.63, 3.8) is 0 Å². The second-order valence-electron chi connectivity index (χ2n) is 5.96. The van der Waals surface area contributed by atoms with Crippen molar-refractivity contribution in [1.82, 2.24) is 4.90 Å². The summed E-state index contributed by atoms with van der Waals surface area (Å²) in [4.78, 5) is 27.5. The molecule has 3 heterocycles. The van der Waals surface area contributed by atoms with E-state index in [4.69, 9.17) is 9.47 Å². The van der Waals surface area contributed by atoms with Crippen LogP contribution in [-0.2, 0) is 33.7 Å². The van der Waals surface area contributed by atoms with Gasteiger partial charge in [0.05, 0.1) is 0 Å². The van der Waals surface area contributed by atoms with Gasteiger partial charge >= 0.3 is 5.97 Å². The minimum atomic E-state index is -0.653. The number of amides is 1. The summed E-state index contributed by atoms with van der Waals surface area (Å²) in [7, 11) is 0. The van der Waals surface area contributed by atoms with Crippen LogP contribution in [0.2, 0.25) is 0 Å². The highest BCUT2D eigenvalue weighted by Gasteiger charge is 2.31. The molecule has 0 radical (unpaired) electrons. The third kappa shape index (κ3) is 2.89. The number of thiophene rings is 1. The number of para-hydroxylation sites is 1. The minimum Gasteiger partial charge on any atom is -0.478 e. The van der Waals surface area contributed by atoms with Gasteiger partial charge in [-0.15, -0.1) is 11.3 Å². The molecule has 6 heteroatoms. The smallest absolute Gasteiger partial charge is 0.348 e. The maximum Gasteiger partial charge on any atom is 0.348 e. The second-order valence-corrected chi connectivity index (χ2v) is 6.96. The van der Waals surface area contributed by atoms with Crippen LogP contribution in [0.25, 0.3) is 0 Å². The summed E-state index contributed by atoms with van der Waals surface area (Å²) in [6.45, 7) is 1.05. The highest BCUT2D eigenvalue weighted by Crippen LogP contribution is 2.28. The van der Waals surface area contributed by atoms with Crippen molar-refractivity contribution in [1.29, 1.82) is 0 Å². The van der Waals surface area contributed by atoms with E-state index in [1.165, 1.54) is 10.4 Å². The summed E-state index contributed by atoms with van der Waals surface area (Å²) < 4.78 is 10.8. The number of rotatable bonds is 3. The van der Waals surface area contributed by atoms with Crippen molar-refractivity contribution >= 4 is 23.2 Å². The van der Waals surface area contributed by atoms with Gasteiger partial charge in [-0.2, -0.15) is 0 Å². The molecule has 0 saturated heterocycles. The maximum absolute atomic E-state index is 12.3. The van der Waals surface area contributed by atoms with Gasteiger partial charge in [0.1, 0.15) is 5.75 Å². The van der Waals surface area contributed by atoms with Crippen molar-refractivity contribution in [3.8, 4) is 5.75 Å². The van der Waals surface area contributed by atoms with Crippen molar-refractivity contribution < 1.29 is 19.1 Å². The molecule has 1 aromatic heterocycles. The fourth-order valence-electron chi connectivity index (χ4n) is 3.09. The normalized spacial score (nSPS) is 18.5. The molecule has 2 aliphatic rings. The van der Waals surface area contributed by atoms with Crippen LogP contribution in [0.3, 0.4) is 0 Å². The largest absolute Gasteiger partial charge is 0.478 e. The van der Waals surface area contributed by atoms with Crippen LogP contribution in [0, 0.1) is 0 Å². The van der Waals surface area contributed by atoms with Gasteiger partial charge in [0.15, 0.2) is 12.7 Å². The lowest BCUT2D eigenvalue weighted by molar-refractivity contribution is -0.157. The van der Waals surface area contributed by atoms with E-state index < -0.39 is 12.1 Å². The molecule has 0 fully saturated rings. The molecule has 24 heavy (non-hydrogen) atoms. The summed E-state index contributed by atoms with van der Waals surface area (Å²) in [6, 6.07) is 9.59. The zero-order valence-corrected chi connectivity index (χ0v) is 13.9. The Balaban J connectivity index is 1.30. The minimum absolute atomic E-state index is 0.157. The predicted molar refractivity (Wildman–Crippen MR) is 89.0 cm³/mol. The molecule has 124 valence electrons. The summed E-state index contributed by atoms with van der Waals surface area (Å²) in [5.74, 6) is 0.0790. The van der Waals surface area contributed by atoms with Gasteiger partial charge < -0.3 is 14.4 Å². The number of carbonyl (C=O) groups excluding carboxylic acids is 2. The maximum atomic E-state index is 12.3. The monoisotopic (exact) mass is 343 g/mol. The van der Waals surface area contributed by atoms with Gasteiger partial charge in [-0.3, -0.25) is 4.79 Å². The van der Waals surface area contributed by atoms with E-state index in [1.807, 2.05) is 29.6 Å². The average Bonchev–Trinajstić information content (AvgIpc) is 3.24. The Morgan fingerprint density at radius 2 is 2.12 bits per heavy atom. The highest BCUT2D eigenvalue weighted by molar-refractivity contribution is 7.10. The summed E-state index contributed by atoms with van der Waals surface area (Å²) in [6.07, 6.45) is 0.707. The molecule has 2 aliphatic heterocycles. The van der Waals surface area contributed by atoms with E-state index in [2.05, 4.69) is 6.07 Å². The number of fused-ring (bicyclic) bond motifs is 2. The molecule has 0 N–H and O–H groups in total. The molecule has 2 aromatic rings. The molecule has 1 aromatic carbocycles. The van der Waals surface area contributed by atoms with Crippen LogP contribution in [0.5, 0.6) is 5.75 Å². The Bertz CT molecular complexity index is 746. The van der Waals surface area contributed by atoms with Gasteiger partial charge in [0.25, 0.3) is 5.91 Å². The molecular weight excluding hydrogens is 326 g/mol. The number of benzene rings is 1. The van der Waals surface area contributed by atoms with E-state index >= 15 is 0 Å². The first-order valence-corrected chi connectivity index (χ1v) is 8.83. The van der Waals surface area contributed by atoms with Crippen molar-refractivity contribution in [3.05, 3.63) is 51.7 Å². The lowest BCUT2D eigenvalue weighted by Gasteiger charge is -2.26. The number of nitrogens with zero attached hydrogens (tertiary/aromatic N) is 1. The first-order valence-electron chi connectivity index (χ1n) is 7.95. The first-order chi connectivity index (χ1) is 11.7. The number of carbonyl (C=O) groups is 2. The molecule has 0 saturated carbocycles. The highest BCUT2D eigenvalue weighted by atomic mass is 32.1. The number of hydrogen-bond donors (Lipinski definition) is 0. The second kappa shape index (κ2) is 6.28. The summed E-state index contributed by atoms with van der Waals surface area (Å²) >= 11 is 1.73. The molecule has 5 nitrogen and oxygen atoms in total. The molecule has 0 bridgehead atoms. The third-order valence-electron chi connectivity index (χ3n) is 4.41. The molecule has 0 unspecified atom stereocenters. The van der Waals surface area contributed by atoms with Gasteiger partial charge in [-0.1, -0.05) is 18.2 Å². The quantitative estimate of drug-likeness (QED) is 0.802. The van der Waals surface area contributed by atoms with Crippen LogP contribution in [0.15, 0.2) is 35.7 Å². The Kier molecular flexibility index (Phi) is 3.98. The van der Waals surface area contributed by atoms with Gasteiger partial charge in [-0.05, 0) is 35.1 Å². The SMILES string of the molecule is O=C(OCC(=O)N1CCc2sccc2C1)[C@H]1Cc2ccccc2O1. The van der Waals surface area contributed by atoms with E-state index in [-0.39, 0.29) is 12.5 Å². The number of ether oxygens (including phenoxy) is 2. The molecule has 1 amide bonds. The van der Waals surface area contributed by atoms with E-state index in [0.717, 1.165) is 12.0 Å². The lowest BCUT2D eigenvalue weighted by Crippen LogP contribution is -2.39. The van der Waals surface area contributed by atoms with Gasteiger partial charge in [0.2, 0.25) is 0 Å². The Morgan fingerprint density at radius 3 is 3.00 bits per heavy atom. The van der Waals surface area contributed by atoms with Crippen molar-refractivity contribution in [2.75, 3.05) is 13.2 Å². The van der Waals surface area contributed by atoms with Gasteiger partial charge in [-0.25, -0.2) is 4.79 Å². The van der Waals surface area contributed by atoms with Crippen LogP contribution < -0.4 is 4.74 Å². The Labute approximate surface area is 143 Å². The zero-order chi connectivity index (χ0) is 16.5. The number of hydrogen-bond acceptors (Lipinski definition) is 5. The Morgan fingerprint density at radius 1 is 1.25 bits per heavy atom. The average molecular weight is 343 g/mol. The van der Waals surface area contributed by atoms with E-state index in [9.17, 15) is 9.59 Å². The standard InChI is InChI=1S/C18H17NO4S/c20-17(19-7-5-16-13(10-19)6-8-24-16)11-22-18(21)15-9-12-3-1-2-4-14(12)23-15/h1-4,6,8,15H,5,7,9-11H2/t15-/m1/s1. The van der Waals surface area contributed by atoms with Crippen molar-refractivity contribution in [2.24, 2.45) is 0 Å². The van der Waals surface area contributed by atoms with Crippen LogP contribution >= 0.6 is 11.3 Å². The van der Waals surface area contributed by atoms with E-state index in [1.54, 1.807) is 16.2 Å². The van der Waals surface area contributed by atoms with Crippen molar-refractivity contribution in [2.45, 2.75) is 25.5 Å². The summed E-state index contributed by atoms with van der Waals surface area (Å²) in [5.41, 5.74) is 2.19. The fraction of sp³-hybridized carbons (Fsp3) is 0.333. The zero-order valence-electron chi connectivity index (χ0n) is 13.1. The third-order valence-corrected chi connectivity index (χ3v) is 5.43. The Hall–Kier alpha value is -2.34. The van der Waals surface area contributed by atoms with Gasteiger partial charge in [0, 0.05) is 24.4 Å². The fourth-order valence-corrected chi connectivity index (χ4v) is 3.98. The van der Waals surface area contributed by atoms with Crippen LogP contribution in [0.4, 0.5) is 0 Å². The van der Waals surface area contributed by atoms with Crippen LogP contribution in [0.1, 0.15) is 16.0 Å². The summed E-state index contributed by atoms with van der Waals surface area (Å²) in [5, 5.41) is 2.05. The molecular formula is C18H17NO4S. The predicted octanol–water partition coefficient (Wildman–Crippen LogP) is 2.18. The van der Waals surface area contributed by atoms with E-state index in [0.29, 0.717) is 25.3 Å². The molecule has 4 rings (SSSR count). The number of esters is 1. The lowest BCUT2D eigenvalue weighted by atomic mass is 10.1. The first kappa shape index (κ1) is 15.2.